The maximum atomic E-state index is 12.7. The topological polar surface area (TPSA) is 84.0 Å². The Morgan fingerprint density at radius 1 is 0.781 bits per heavy atom. The number of carbonyl (C=O) groups excluding carboxylic acids is 2. The lowest BCUT2D eigenvalue weighted by Crippen LogP contribution is -2.15. The van der Waals surface area contributed by atoms with Crippen LogP contribution in [0.4, 0.5) is 10.8 Å². The minimum absolute atomic E-state index is 0.224. The van der Waals surface area contributed by atoms with Crippen LogP contribution in [-0.2, 0) is 12.8 Å². The zero-order chi connectivity index (χ0) is 22.3. The van der Waals surface area contributed by atoms with Crippen LogP contribution in [0.25, 0.3) is 0 Å². The van der Waals surface area contributed by atoms with Crippen molar-refractivity contribution in [3.8, 4) is 0 Å². The van der Waals surface area contributed by atoms with E-state index in [-0.39, 0.29) is 11.8 Å². The summed E-state index contributed by atoms with van der Waals surface area (Å²) in [5, 5.41) is 15.3. The summed E-state index contributed by atoms with van der Waals surface area (Å²) in [5.41, 5.74) is 3.67. The lowest BCUT2D eigenvalue weighted by Gasteiger charge is -2.10. The Hall–Kier alpha value is -3.84. The van der Waals surface area contributed by atoms with Crippen LogP contribution < -0.4 is 10.6 Å². The molecule has 3 aromatic carbocycles. The molecule has 0 atom stereocenters. The van der Waals surface area contributed by atoms with Gasteiger partial charge in [-0.3, -0.25) is 14.9 Å². The molecule has 0 aliphatic heterocycles. The number of rotatable bonds is 7. The number of carbonyl (C=O) groups is 2. The van der Waals surface area contributed by atoms with Crippen molar-refractivity contribution in [2.45, 2.75) is 19.8 Å². The van der Waals surface area contributed by atoms with Gasteiger partial charge in [-0.1, -0.05) is 65.9 Å². The van der Waals surface area contributed by atoms with Gasteiger partial charge in [-0.25, -0.2) is 0 Å². The zero-order valence-corrected chi connectivity index (χ0v) is 18.4. The molecule has 7 heteroatoms. The van der Waals surface area contributed by atoms with E-state index in [1.807, 2.05) is 43.3 Å². The molecule has 0 aliphatic rings. The van der Waals surface area contributed by atoms with Crippen molar-refractivity contribution in [1.82, 2.24) is 10.2 Å². The van der Waals surface area contributed by atoms with Crippen LogP contribution >= 0.6 is 11.3 Å². The number of anilines is 2. The monoisotopic (exact) mass is 442 g/mol. The Balaban J connectivity index is 1.40. The van der Waals surface area contributed by atoms with Crippen LogP contribution in [0.3, 0.4) is 0 Å². The average molecular weight is 443 g/mol. The highest BCUT2D eigenvalue weighted by Crippen LogP contribution is 2.21. The number of nitrogens with one attached hydrogen (secondary N) is 2. The number of hydrogen-bond acceptors (Lipinski definition) is 5. The number of aromatic nitrogens is 2. The van der Waals surface area contributed by atoms with E-state index >= 15 is 0 Å². The van der Waals surface area contributed by atoms with Gasteiger partial charge in [-0.2, -0.15) is 0 Å². The van der Waals surface area contributed by atoms with Gasteiger partial charge >= 0.3 is 0 Å². The molecule has 4 rings (SSSR count). The highest BCUT2D eigenvalue weighted by Gasteiger charge is 2.14. The van der Waals surface area contributed by atoms with Crippen molar-refractivity contribution >= 4 is 34.0 Å². The number of nitrogens with zero attached hydrogens (tertiary/aromatic N) is 2. The van der Waals surface area contributed by atoms with Crippen LogP contribution in [0.5, 0.6) is 0 Å². The predicted molar refractivity (Wildman–Crippen MR) is 127 cm³/mol. The molecule has 2 N–H and O–H groups in total. The van der Waals surface area contributed by atoms with Gasteiger partial charge in [0.2, 0.25) is 5.13 Å². The molecule has 0 fully saturated rings. The van der Waals surface area contributed by atoms with Gasteiger partial charge in [-0.15, -0.1) is 10.2 Å². The quantitative estimate of drug-likeness (QED) is 0.415. The number of amides is 2. The second kappa shape index (κ2) is 9.98. The molecule has 0 aliphatic carbocycles. The third kappa shape index (κ3) is 5.44. The fourth-order valence-electron chi connectivity index (χ4n) is 3.15. The highest BCUT2D eigenvalue weighted by atomic mass is 32.1. The van der Waals surface area contributed by atoms with Crippen LogP contribution in [0.15, 0.2) is 78.9 Å². The number of hydrogen-bond donors (Lipinski definition) is 2. The molecule has 0 bridgehead atoms. The maximum absolute atomic E-state index is 12.7. The minimum atomic E-state index is -0.300. The largest absolute Gasteiger partial charge is 0.322 e. The first-order valence-electron chi connectivity index (χ1n) is 10.2. The molecule has 0 radical (unpaired) electrons. The van der Waals surface area contributed by atoms with Crippen LogP contribution in [0.2, 0.25) is 0 Å². The normalized spacial score (nSPS) is 10.5. The van der Waals surface area contributed by atoms with E-state index in [0.29, 0.717) is 21.9 Å². The molecule has 0 saturated carbocycles. The lowest BCUT2D eigenvalue weighted by molar-refractivity contribution is 0.101. The van der Waals surface area contributed by atoms with E-state index in [2.05, 4.69) is 33.0 Å². The zero-order valence-electron chi connectivity index (χ0n) is 17.5. The van der Waals surface area contributed by atoms with Gasteiger partial charge < -0.3 is 5.32 Å². The predicted octanol–water partition coefficient (Wildman–Crippen LogP) is 5.14. The van der Waals surface area contributed by atoms with Crippen LogP contribution in [0, 0.1) is 6.92 Å². The van der Waals surface area contributed by atoms with Crippen molar-refractivity contribution in [3.63, 3.8) is 0 Å². The standard InChI is InChI=1S/C25H22N4O2S/c1-17-12-14-20(16-21(17)26-23(30)19-10-6-3-7-11-19)24(31)27-25-29-28-22(32-25)15-13-18-8-4-2-5-9-18/h2-12,14,16H,13,15H2,1H3,(H,26,30)(H,27,29,31). The van der Waals surface area contributed by atoms with Gasteiger partial charge in [-0.05, 0) is 48.7 Å². The SMILES string of the molecule is Cc1ccc(C(=O)Nc2nnc(CCc3ccccc3)s2)cc1NC(=O)c1ccccc1. The summed E-state index contributed by atoms with van der Waals surface area (Å²) in [7, 11) is 0. The van der Waals surface area contributed by atoms with E-state index in [1.54, 1.807) is 30.3 Å². The summed E-state index contributed by atoms with van der Waals surface area (Å²) in [6.45, 7) is 1.88. The summed E-state index contributed by atoms with van der Waals surface area (Å²) >= 11 is 1.37. The second-order valence-corrected chi connectivity index (χ2v) is 8.35. The molecule has 32 heavy (non-hydrogen) atoms. The Morgan fingerprint density at radius 3 is 2.22 bits per heavy atom. The summed E-state index contributed by atoms with van der Waals surface area (Å²) in [5.74, 6) is -0.524. The molecule has 4 aromatic rings. The van der Waals surface area contributed by atoms with E-state index < -0.39 is 0 Å². The van der Waals surface area contributed by atoms with Gasteiger partial charge in [0.1, 0.15) is 5.01 Å². The van der Waals surface area contributed by atoms with E-state index in [4.69, 9.17) is 0 Å². The first kappa shape index (κ1) is 21.4. The average Bonchev–Trinajstić information content (AvgIpc) is 3.27. The Kier molecular flexibility index (Phi) is 6.67. The minimum Gasteiger partial charge on any atom is -0.322 e. The van der Waals surface area contributed by atoms with Crippen LogP contribution in [0.1, 0.15) is 36.9 Å². The molecule has 1 aromatic heterocycles. The van der Waals surface area contributed by atoms with Crippen molar-refractivity contribution in [1.29, 1.82) is 0 Å². The number of benzene rings is 3. The third-order valence-corrected chi connectivity index (χ3v) is 5.84. The van der Waals surface area contributed by atoms with E-state index in [0.717, 1.165) is 23.4 Å². The third-order valence-electron chi connectivity index (χ3n) is 4.94. The highest BCUT2D eigenvalue weighted by molar-refractivity contribution is 7.15. The summed E-state index contributed by atoms with van der Waals surface area (Å²) in [4.78, 5) is 25.2. The van der Waals surface area contributed by atoms with Crippen molar-refractivity contribution in [2.75, 3.05) is 10.6 Å². The van der Waals surface area contributed by atoms with Crippen molar-refractivity contribution < 1.29 is 9.59 Å². The molecule has 2 amide bonds. The summed E-state index contributed by atoms with van der Waals surface area (Å²) in [6, 6.07) is 24.3. The van der Waals surface area contributed by atoms with Gasteiger partial charge in [0.05, 0.1) is 0 Å². The molecule has 6 nitrogen and oxygen atoms in total. The number of aryl methyl sites for hydroxylation is 3. The molecular weight excluding hydrogens is 420 g/mol. The molecule has 0 unspecified atom stereocenters. The van der Waals surface area contributed by atoms with Gasteiger partial charge in [0.15, 0.2) is 0 Å². The molecule has 1 heterocycles. The molecule has 0 saturated heterocycles. The van der Waals surface area contributed by atoms with E-state index in [1.165, 1.54) is 16.9 Å². The van der Waals surface area contributed by atoms with Crippen molar-refractivity contribution in [2.24, 2.45) is 0 Å². The lowest BCUT2D eigenvalue weighted by atomic mass is 10.1. The molecule has 0 spiro atoms. The molecule has 160 valence electrons. The van der Waals surface area contributed by atoms with Crippen molar-refractivity contribution in [3.05, 3.63) is 106 Å². The Morgan fingerprint density at radius 2 is 1.47 bits per heavy atom. The molecular formula is C25H22N4O2S. The van der Waals surface area contributed by atoms with E-state index in [9.17, 15) is 9.59 Å². The first-order chi connectivity index (χ1) is 15.6. The van der Waals surface area contributed by atoms with Gasteiger partial charge in [0, 0.05) is 23.2 Å². The van der Waals surface area contributed by atoms with Gasteiger partial charge in [0.25, 0.3) is 11.8 Å². The maximum Gasteiger partial charge on any atom is 0.257 e. The Labute approximate surface area is 190 Å². The fourth-order valence-corrected chi connectivity index (χ4v) is 3.89. The van der Waals surface area contributed by atoms with Crippen LogP contribution in [-0.4, -0.2) is 22.0 Å². The first-order valence-corrected chi connectivity index (χ1v) is 11.0. The fraction of sp³-hybridized carbons (Fsp3) is 0.120. The second-order valence-electron chi connectivity index (χ2n) is 7.29. The smallest absolute Gasteiger partial charge is 0.257 e. The Bertz CT molecular complexity index is 1220. The summed E-state index contributed by atoms with van der Waals surface area (Å²) < 4.78 is 0. The summed E-state index contributed by atoms with van der Waals surface area (Å²) in [6.07, 6.45) is 1.63.